The van der Waals surface area contributed by atoms with Gasteiger partial charge >= 0.3 is 11.9 Å². The van der Waals surface area contributed by atoms with E-state index in [1.165, 1.54) is 5.56 Å². The number of carbonyl (C=O) groups is 2. The van der Waals surface area contributed by atoms with Crippen molar-refractivity contribution in [3.8, 4) is 11.5 Å². The topological polar surface area (TPSA) is 105 Å². The molecule has 25 heavy (non-hydrogen) atoms. The van der Waals surface area contributed by atoms with Crippen LogP contribution in [0.4, 0.5) is 5.69 Å². The lowest BCUT2D eigenvalue weighted by molar-refractivity contribution is -0.159. The summed E-state index contributed by atoms with van der Waals surface area (Å²) >= 11 is 0. The molecular formula is C18H21NO6. The molecule has 0 heterocycles. The van der Waals surface area contributed by atoms with Crippen LogP contribution < -0.4 is 14.8 Å². The maximum Gasteiger partial charge on any atom is 0.414 e. The van der Waals surface area contributed by atoms with Crippen LogP contribution in [-0.2, 0) is 16.1 Å². The van der Waals surface area contributed by atoms with Crippen LogP contribution in [0, 0.1) is 6.92 Å². The van der Waals surface area contributed by atoms with E-state index in [1.807, 2.05) is 24.3 Å². The fourth-order valence-corrected chi connectivity index (χ4v) is 2.05. The van der Waals surface area contributed by atoms with Gasteiger partial charge < -0.3 is 25.0 Å². The van der Waals surface area contributed by atoms with Crippen LogP contribution in [0.2, 0.25) is 0 Å². The summed E-state index contributed by atoms with van der Waals surface area (Å²) in [6.45, 7) is 2.78. The van der Waals surface area contributed by atoms with E-state index in [9.17, 15) is 0 Å². The summed E-state index contributed by atoms with van der Waals surface area (Å²) in [6.07, 6.45) is 0. The third-order valence-electron chi connectivity index (χ3n) is 3.17. The highest BCUT2D eigenvalue weighted by molar-refractivity contribution is 6.27. The van der Waals surface area contributed by atoms with Crippen molar-refractivity contribution in [3.63, 3.8) is 0 Å². The van der Waals surface area contributed by atoms with Crippen molar-refractivity contribution in [3.05, 3.63) is 53.6 Å². The lowest BCUT2D eigenvalue weighted by atomic mass is 10.1. The van der Waals surface area contributed by atoms with E-state index in [1.54, 1.807) is 14.2 Å². The van der Waals surface area contributed by atoms with Gasteiger partial charge in [-0.15, -0.1) is 0 Å². The molecule has 2 rings (SSSR count). The van der Waals surface area contributed by atoms with E-state index in [0.717, 1.165) is 22.7 Å². The molecule has 0 atom stereocenters. The van der Waals surface area contributed by atoms with Crippen LogP contribution in [0.15, 0.2) is 42.5 Å². The SMILES string of the molecule is COc1cccc(CNc2cccc(C)c2)c1OC.O=C(O)C(=O)O. The Morgan fingerprint density at radius 2 is 1.64 bits per heavy atom. The molecule has 2 aromatic carbocycles. The van der Waals surface area contributed by atoms with Gasteiger partial charge in [0, 0.05) is 17.8 Å². The minimum absolute atomic E-state index is 0.698. The fourth-order valence-electron chi connectivity index (χ4n) is 2.05. The number of nitrogens with one attached hydrogen (secondary N) is 1. The Morgan fingerprint density at radius 3 is 2.16 bits per heavy atom. The molecule has 2 aromatic rings. The van der Waals surface area contributed by atoms with Crippen molar-refractivity contribution in [1.29, 1.82) is 0 Å². The summed E-state index contributed by atoms with van der Waals surface area (Å²) < 4.78 is 10.7. The van der Waals surface area contributed by atoms with Crippen molar-refractivity contribution < 1.29 is 29.3 Å². The average molecular weight is 347 g/mol. The highest BCUT2D eigenvalue weighted by atomic mass is 16.5. The van der Waals surface area contributed by atoms with Crippen LogP contribution in [-0.4, -0.2) is 36.4 Å². The second-order valence-corrected chi connectivity index (χ2v) is 4.99. The van der Waals surface area contributed by atoms with E-state index >= 15 is 0 Å². The van der Waals surface area contributed by atoms with Gasteiger partial charge in [0.05, 0.1) is 14.2 Å². The highest BCUT2D eigenvalue weighted by Crippen LogP contribution is 2.31. The van der Waals surface area contributed by atoms with Crippen LogP contribution in [0.3, 0.4) is 0 Å². The molecule has 0 aliphatic heterocycles. The van der Waals surface area contributed by atoms with Crippen LogP contribution in [0.25, 0.3) is 0 Å². The van der Waals surface area contributed by atoms with E-state index in [4.69, 9.17) is 29.3 Å². The summed E-state index contributed by atoms with van der Waals surface area (Å²) in [6, 6.07) is 14.2. The highest BCUT2D eigenvalue weighted by Gasteiger charge is 2.08. The minimum atomic E-state index is -1.82. The van der Waals surface area contributed by atoms with Gasteiger partial charge in [-0.1, -0.05) is 24.3 Å². The third kappa shape index (κ3) is 6.42. The summed E-state index contributed by atoms with van der Waals surface area (Å²) in [5.74, 6) is -2.11. The molecule has 0 aliphatic rings. The van der Waals surface area contributed by atoms with Gasteiger partial charge in [-0.05, 0) is 30.7 Å². The molecule has 134 valence electrons. The van der Waals surface area contributed by atoms with Crippen molar-refractivity contribution in [2.45, 2.75) is 13.5 Å². The quantitative estimate of drug-likeness (QED) is 0.714. The number of carboxylic acids is 2. The molecular weight excluding hydrogens is 326 g/mol. The van der Waals surface area contributed by atoms with Crippen LogP contribution in [0.1, 0.15) is 11.1 Å². The number of benzene rings is 2. The molecule has 7 heteroatoms. The number of hydrogen-bond donors (Lipinski definition) is 3. The number of carboxylic acid groups (broad SMARTS) is 2. The van der Waals surface area contributed by atoms with E-state index in [0.29, 0.717) is 6.54 Å². The maximum absolute atomic E-state index is 9.10. The Labute approximate surface area is 145 Å². The first kappa shape index (κ1) is 19.8. The Morgan fingerprint density at radius 1 is 1.00 bits per heavy atom. The largest absolute Gasteiger partial charge is 0.493 e. The molecule has 0 saturated heterocycles. The molecule has 0 fully saturated rings. The van der Waals surface area contributed by atoms with Gasteiger partial charge in [0.25, 0.3) is 0 Å². The molecule has 0 unspecified atom stereocenters. The first-order valence-electron chi connectivity index (χ1n) is 7.35. The smallest absolute Gasteiger partial charge is 0.414 e. The maximum atomic E-state index is 9.10. The molecule has 0 aliphatic carbocycles. The lowest BCUT2D eigenvalue weighted by Crippen LogP contribution is -2.09. The van der Waals surface area contributed by atoms with Gasteiger partial charge in [-0.2, -0.15) is 0 Å². The second kappa shape index (κ2) is 9.82. The predicted octanol–water partition coefficient (Wildman–Crippen LogP) is 2.78. The van der Waals surface area contributed by atoms with Crippen molar-refractivity contribution in [2.75, 3.05) is 19.5 Å². The molecule has 0 bridgehead atoms. The number of hydrogen-bond acceptors (Lipinski definition) is 5. The monoisotopic (exact) mass is 347 g/mol. The first-order chi connectivity index (χ1) is 11.9. The predicted molar refractivity (Wildman–Crippen MR) is 93.3 cm³/mol. The number of para-hydroxylation sites is 1. The van der Waals surface area contributed by atoms with Crippen LogP contribution in [0.5, 0.6) is 11.5 Å². The number of methoxy groups -OCH3 is 2. The first-order valence-corrected chi connectivity index (χ1v) is 7.35. The summed E-state index contributed by atoms with van der Waals surface area (Å²) in [5, 5.41) is 18.2. The third-order valence-corrected chi connectivity index (χ3v) is 3.17. The number of aryl methyl sites for hydroxylation is 1. The summed E-state index contributed by atoms with van der Waals surface area (Å²) in [4.78, 5) is 18.2. The zero-order chi connectivity index (χ0) is 18.8. The zero-order valence-electron chi connectivity index (χ0n) is 14.3. The number of rotatable bonds is 5. The van der Waals surface area contributed by atoms with Gasteiger partial charge in [-0.25, -0.2) is 9.59 Å². The number of anilines is 1. The molecule has 7 nitrogen and oxygen atoms in total. The lowest BCUT2D eigenvalue weighted by Gasteiger charge is -2.13. The fraction of sp³-hybridized carbons (Fsp3) is 0.222. The molecule has 0 radical (unpaired) electrons. The van der Waals surface area contributed by atoms with Gasteiger partial charge in [0.15, 0.2) is 11.5 Å². The Hall–Kier alpha value is -3.22. The van der Waals surface area contributed by atoms with E-state index < -0.39 is 11.9 Å². The van der Waals surface area contributed by atoms with Crippen molar-refractivity contribution >= 4 is 17.6 Å². The standard InChI is InChI=1S/C16H19NO2.C2H2O4/c1-12-6-4-8-14(10-12)17-11-13-7-5-9-15(18-2)16(13)19-3;3-1(4)2(5)6/h4-10,17H,11H2,1-3H3;(H,3,4)(H,5,6). The minimum Gasteiger partial charge on any atom is -0.493 e. The molecule has 3 N–H and O–H groups in total. The van der Waals surface area contributed by atoms with Crippen molar-refractivity contribution in [1.82, 2.24) is 0 Å². The van der Waals surface area contributed by atoms with E-state index in [-0.39, 0.29) is 0 Å². The summed E-state index contributed by atoms with van der Waals surface area (Å²) in [5.41, 5.74) is 3.41. The molecule has 0 saturated carbocycles. The Balaban J connectivity index is 0.000000450. The van der Waals surface area contributed by atoms with Gasteiger partial charge in [-0.3, -0.25) is 0 Å². The van der Waals surface area contributed by atoms with Gasteiger partial charge in [0.1, 0.15) is 0 Å². The zero-order valence-corrected chi connectivity index (χ0v) is 14.3. The normalized spacial score (nSPS) is 9.40. The van der Waals surface area contributed by atoms with E-state index in [2.05, 4.69) is 30.4 Å². The molecule has 0 amide bonds. The number of aliphatic carboxylic acids is 2. The average Bonchev–Trinajstić information content (AvgIpc) is 2.60. The van der Waals surface area contributed by atoms with Crippen molar-refractivity contribution in [2.24, 2.45) is 0 Å². The van der Waals surface area contributed by atoms with Crippen LogP contribution >= 0.6 is 0 Å². The Kier molecular flexibility index (Phi) is 7.78. The molecule has 0 spiro atoms. The summed E-state index contributed by atoms with van der Waals surface area (Å²) in [7, 11) is 3.31. The Bertz CT molecular complexity index is 717. The van der Waals surface area contributed by atoms with Gasteiger partial charge in [0.2, 0.25) is 0 Å². The molecule has 0 aromatic heterocycles. The number of ether oxygens (including phenoxy) is 2. The second-order valence-electron chi connectivity index (χ2n) is 4.99.